The molecule has 8 heteroatoms. The summed E-state index contributed by atoms with van der Waals surface area (Å²) in [4.78, 5) is 36.5. The molecular weight excluding hydrogens is 356 g/mol. The fraction of sp³-hybridized carbons (Fsp3) is 0.333. The summed E-state index contributed by atoms with van der Waals surface area (Å²) in [6.45, 7) is 2.09. The van der Waals surface area contributed by atoms with Crippen molar-refractivity contribution >= 4 is 23.5 Å². The van der Waals surface area contributed by atoms with Crippen molar-refractivity contribution in [3.8, 4) is 0 Å². The van der Waals surface area contributed by atoms with E-state index in [2.05, 4.69) is 9.97 Å². The van der Waals surface area contributed by atoms with Crippen molar-refractivity contribution in [1.29, 1.82) is 0 Å². The highest BCUT2D eigenvalue weighted by atomic mass is 35.5. The molecule has 136 valence electrons. The van der Waals surface area contributed by atoms with Crippen molar-refractivity contribution in [3.05, 3.63) is 59.1 Å². The average molecular weight is 375 g/mol. The maximum atomic E-state index is 12.5. The summed E-state index contributed by atoms with van der Waals surface area (Å²) in [6.07, 6.45) is 4.48. The average Bonchev–Trinajstić information content (AvgIpc) is 2.70. The minimum atomic E-state index is -0.522. The van der Waals surface area contributed by atoms with E-state index in [1.165, 1.54) is 25.7 Å². The van der Waals surface area contributed by atoms with Gasteiger partial charge >= 0.3 is 5.97 Å². The van der Waals surface area contributed by atoms with Gasteiger partial charge in [-0.3, -0.25) is 14.7 Å². The van der Waals surface area contributed by atoms with E-state index in [4.69, 9.17) is 16.3 Å². The van der Waals surface area contributed by atoms with Crippen LogP contribution in [0.3, 0.4) is 0 Å². The lowest BCUT2D eigenvalue weighted by atomic mass is 10.0. The van der Waals surface area contributed by atoms with E-state index in [1.54, 1.807) is 17.0 Å². The molecule has 1 aliphatic heterocycles. The van der Waals surface area contributed by atoms with E-state index in [-0.39, 0.29) is 11.9 Å². The largest absolute Gasteiger partial charge is 0.468 e. The predicted molar refractivity (Wildman–Crippen MR) is 95.7 cm³/mol. The lowest BCUT2D eigenvalue weighted by molar-refractivity contribution is -0.148. The van der Waals surface area contributed by atoms with Gasteiger partial charge in [-0.15, -0.1) is 0 Å². The van der Waals surface area contributed by atoms with Crippen LogP contribution in [0.2, 0.25) is 5.02 Å². The van der Waals surface area contributed by atoms with Crippen LogP contribution in [0.15, 0.2) is 42.9 Å². The van der Waals surface area contributed by atoms with E-state index in [9.17, 15) is 9.59 Å². The van der Waals surface area contributed by atoms with Gasteiger partial charge in [0.25, 0.3) is 5.91 Å². The first-order valence-electron chi connectivity index (χ1n) is 8.23. The molecule has 1 aromatic heterocycles. The SMILES string of the molecule is COC(=O)C(c1ccc(Cl)cc1)N1CCN(C(=O)c2cnccn2)CC1. The van der Waals surface area contributed by atoms with Crippen LogP contribution in [0.4, 0.5) is 0 Å². The summed E-state index contributed by atoms with van der Waals surface area (Å²) in [5.41, 5.74) is 1.14. The lowest BCUT2D eigenvalue weighted by Crippen LogP contribution is -2.51. The molecule has 1 aromatic carbocycles. The fourth-order valence-corrected chi connectivity index (χ4v) is 3.13. The lowest BCUT2D eigenvalue weighted by Gasteiger charge is -2.38. The highest BCUT2D eigenvalue weighted by Gasteiger charge is 2.32. The van der Waals surface area contributed by atoms with Crippen molar-refractivity contribution in [1.82, 2.24) is 19.8 Å². The number of methoxy groups -OCH3 is 1. The van der Waals surface area contributed by atoms with E-state index in [1.807, 2.05) is 17.0 Å². The Morgan fingerprint density at radius 3 is 2.38 bits per heavy atom. The molecule has 1 fully saturated rings. The molecule has 2 heterocycles. The standard InChI is InChI=1S/C18H19ClN4O3/c1-26-18(25)16(13-2-4-14(19)5-3-13)22-8-10-23(11-9-22)17(24)15-12-20-6-7-21-15/h2-7,12,16H,8-11H2,1H3. The van der Waals surface area contributed by atoms with Crippen molar-refractivity contribution in [2.45, 2.75) is 6.04 Å². The molecule has 1 atom stereocenters. The van der Waals surface area contributed by atoms with E-state index >= 15 is 0 Å². The Balaban J connectivity index is 1.71. The van der Waals surface area contributed by atoms with Gasteiger partial charge in [0.2, 0.25) is 0 Å². The first-order valence-corrected chi connectivity index (χ1v) is 8.60. The van der Waals surface area contributed by atoms with Crippen LogP contribution in [-0.2, 0) is 9.53 Å². The van der Waals surface area contributed by atoms with Gasteiger partial charge in [0.1, 0.15) is 11.7 Å². The van der Waals surface area contributed by atoms with Gasteiger partial charge in [-0.2, -0.15) is 0 Å². The third kappa shape index (κ3) is 4.00. The van der Waals surface area contributed by atoms with Gasteiger partial charge in [-0.1, -0.05) is 23.7 Å². The maximum Gasteiger partial charge on any atom is 0.327 e. The van der Waals surface area contributed by atoms with Crippen molar-refractivity contribution < 1.29 is 14.3 Å². The molecule has 0 bridgehead atoms. The number of hydrogen-bond donors (Lipinski definition) is 0. The number of nitrogens with zero attached hydrogens (tertiary/aromatic N) is 4. The number of halogens is 1. The summed E-state index contributed by atoms with van der Waals surface area (Å²) in [6, 6.07) is 6.62. The molecule has 0 aliphatic carbocycles. The van der Waals surface area contributed by atoms with Crippen LogP contribution >= 0.6 is 11.6 Å². The van der Waals surface area contributed by atoms with Crippen molar-refractivity contribution in [2.75, 3.05) is 33.3 Å². The Labute approximate surface area is 156 Å². The van der Waals surface area contributed by atoms with Crippen LogP contribution in [0.25, 0.3) is 0 Å². The Hall–Kier alpha value is -2.51. The van der Waals surface area contributed by atoms with Crippen LogP contribution in [0, 0.1) is 0 Å². The number of hydrogen-bond acceptors (Lipinski definition) is 6. The van der Waals surface area contributed by atoms with Gasteiger partial charge < -0.3 is 9.64 Å². The Kier molecular flexibility index (Phi) is 5.80. The summed E-state index contributed by atoms with van der Waals surface area (Å²) in [5.74, 6) is -0.486. The van der Waals surface area contributed by atoms with Gasteiger partial charge in [-0.25, -0.2) is 9.78 Å². The van der Waals surface area contributed by atoms with Crippen LogP contribution in [0.5, 0.6) is 0 Å². The second-order valence-corrected chi connectivity index (χ2v) is 6.33. The van der Waals surface area contributed by atoms with Crippen molar-refractivity contribution in [2.24, 2.45) is 0 Å². The number of carbonyl (C=O) groups is 2. The third-order valence-corrected chi connectivity index (χ3v) is 4.61. The van der Waals surface area contributed by atoms with Gasteiger partial charge in [-0.05, 0) is 17.7 Å². The predicted octanol–water partition coefficient (Wildman–Crippen LogP) is 1.80. The second-order valence-electron chi connectivity index (χ2n) is 5.90. The summed E-state index contributed by atoms with van der Waals surface area (Å²) in [5, 5.41) is 0.608. The van der Waals surface area contributed by atoms with Crippen LogP contribution < -0.4 is 0 Å². The minimum Gasteiger partial charge on any atom is -0.468 e. The molecule has 3 rings (SSSR count). The molecule has 2 aromatic rings. The number of piperazine rings is 1. The Bertz CT molecular complexity index is 762. The fourth-order valence-electron chi connectivity index (χ4n) is 3.01. The highest BCUT2D eigenvalue weighted by molar-refractivity contribution is 6.30. The van der Waals surface area contributed by atoms with Crippen molar-refractivity contribution in [3.63, 3.8) is 0 Å². The molecule has 26 heavy (non-hydrogen) atoms. The van der Waals surface area contributed by atoms with Gasteiger partial charge in [0.15, 0.2) is 0 Å². The molecule has 0 saturated carbocycles. The van der Waals surface area contributed by atoms with Gasteiger partial charge in [0.05, 0.1) is 13.3 Å². The Morgan fingerprint density at radius 1 is 1.12 bits per heavy atom. The van der Waals surface area contributed by atoms with E-state index < -0.39 is 6.04 Å². The zero-order valence-corrected chi connectivity index (χ0v) is 15.1. The molecule has 1 aliphatic rings. The monoisotopic (exact) mass is 374 g/mol. The normalized spacial score (nSPS) is 16.2. The molecule has 1 unspecified atom stereocenters. The summed E-state index contributed by atoms with van der Waals surface area (Å²) >= 11 is 5.94. The molecule has 1 amide bonds. The Morgan fingerprint density at radius 2 is 1.81 bits per heavy atom. The van der Waals surface area contributed by atoms with Crippen LogP contribution in [-0.4, -0.2) is 64.9 Å². The summed E-state index contributed by atoms with van der Waals surface area (Å²) in [7, 11) is 1.37. The molecule has 1 saturated heterocycles. The number of aromatic nitrogens is 2. The summed E-state index contributed by atoms with van der Waals surface area (Å²) < 4.78 is 4.98. The third-order valence-electron chi connectivity index (χ3n) is 4.36. The topological polar surface area (TPSA) is 75.6 Å². The number of ether oxygens (including phenoxy) is 1. The molecule has 0 radical (unpaired) electrons. The van der Waals surface area contributed by atoms with Gasteiger partial charge in [0, 0.05) is 43.6 Å². The molecule has 0 N–H and O–H groups in total. The van der Waals surface area contributed by atoms with Crippen LogP contribution in [0.1, 0.15) is 22.1 Å². The number of carbonyl (C=O) groups excluding carboxylic acids is 2. The smallest absolute Gasteiger partial charge is 0.327 e. The zero-order valence-electron chi connectivity index (χ0n) is 14.3. The zero-order chi connectivity index (χ0) is 18.5. The number of amides is 1. The molecule has 7 nitrogen and oxygen atoms in total. The quantitative estimate of drug-likeness (QED) is 0.760. The van der Waals surface area contributed by atoms with E-state index in [0.29, 0.717) is 36.9 Å². The molecule has 0 spiro atoms. The molecular formula is C18H19ClN4O3. The highest BCUT2D eigenvalue weighted by Crippen LogP contribution is 2.25. The number of rotatable bonds is 4. The first kappa shape index (κ1) is 18.3. The maximum absolute atomic E-state index is 12.5. The van der Waals surface area contributed by atoms with E-state index in [0.717, 1.165) is 5.56 Å². The minimum absolute atomic E-state index is 0.154. The first-order chi connectivity index (χ1) is 12.6. The number of benzene rings is 1. The second kappa shape index (κ2) is 8.25. The number of esters is 1.